The van der Waals surface area contributed by atoms with Crippen LogP contribution >= 0.6 is 0 Å². The summed E-state index contributed by atoms with van der Waals surface area (Å²) < 4.78 is 5.45. The van der Waals surface area contributed by atoms with E-state index < -0.39 is 0 Å². The van der Waals surface area contributed by atoms with Gasteiger partial charge in [-0.1, -0.05) is 24.1 Å². The maximum absolute atomic E-state index is 9.17. The lowest BCUT2D eigenvalue weighted by atomic mass is 9.79. The molecule has 4 heteroatoms. The average molecular weight is 280 g/mol. The molecule has 4 rings (SSSR count). The van der Waals surface area contributed by atoms with Gasteiger partial charge in [-0.05, 0) is 36.1 Å². The van der Waals surface area contributed by atoms with Crippen LogP contribution in [0.3, 0.4) is 0 Å². The number of fused-ring (bicyclic) bond motifs is 1. The molecule has 21 heavy (non-hydrogen) atoms. The van der Waals surface area contributed by atoms with E-state index in [0.29, 0.717) is 18.9 Å². The molecule has 4 nitrogen and oxygen atoms in total. The predicted octanol–water partition coefficient (Wildman–Crippen LogP) is 2.30. The number of rotatable bonds is 3. The lowest BCUT2D eigenvalue weighted by molar-refractivity contribution is -0.00117. The van der Waals surface area contributed by atoms with E-state index in [1.54, 1.807) is 18.5 Å². The number of ether oxygens (including phenoxy) is 1. The zero-order valence-corrected chi connectivity index (χ0v) is 11.5. The quantitative estimate of drug-likeness (QED) is 0.748. The molecule has 1 aromatic rings. The number of hydrogen-bond acceptors (Lipinski definition) is 4. The largest absolute Gasteiger partial charge is 0.447 e. The summed E-state index contributed by atoms with van der Waals surface area (Å²) in [6, 6.07) is 10.5. The van der Waals surface area contributed by atoms with Crippen LogP contribution in [0.5, 0.6) is 6.01 Å². The van der Waals surface area contributed by atoms with E-state index in [4.69, 9.17) is 11.2 Å². The Labute approximate surface area is 123 Å². The first kappa shape index (κ1) is 13.6. The summed E-state index contributed by atoms with van der Waals surface area (Å²) in [5.41, 5.74) is 2.85. The van der Waals surface area contributed by atoms with Crippen LogP contribution in [0.2, 0.25) is 0 Å². The van der Waals surface area contributed by atoms with Gasteiger partial charge in [0.2, 0.25) is 0 Å². The third kappa shape index (κ3) is 3.39. The Kier molecular flexibility index (Phi) is 3.85. The number of aliphatic hydroxyl groups excluding tert-OH is 1. The van der Waals surface area contributed by atoms with E-state index in [1.807, 2.05) is 0 Å². The van der Waals surface area contributed by atoms with Crippen LogP contribution in [-0.2, 0) is 0 Å². The van der Waals surface area contributed by atoms with Crippen molar-refractivity contribution in [2.24, 2.45) is 5.92 Å². The normalized spacial score (nSPS) is 21.9. The molecule has 3 aliphatic rings. The van der Waals surface area contributed by atoms with Crippen LogP contribution in [-0.4, -0.2) is 27.3 Å². The topological polar surface area (TPSA) is 55.2 Å². The van der Waals surface area contributed by atoms with E-state index in [-0.39, 0.29) is 18.1 Å². The molecular formula is C17H16N2O2. The maximum Gasteiger partial charge on any atom is 0.317 e. The number of hydrogen-bond donors (Lipinski definition) is 1. The smallest absolute Gasteiger partial charge is 0.317 e. The first-order valence-electron chi connectivity index (χ1n) is 6.94. The zero-order valence-electron chi connectivity index (χ0n) is 11.5. The minimum absolute atomic E-state index is 0.216. The van der Waals surface area contributed by atoms with Crippen LogP contribution in [0.25, 0.3) is 11.1 Å². The minimum atomic E-state index is -0.337. The van der Waals surface area contributed by atoms with Crippen molar-refractivity contribution in [3.8, 4) is 29.5 Å². The molecule has 3 aliphatic carbocycles. The average Bonchev–Trinajstić information content (AvgIpc) is 3.09. The van der Waals surface area contributed by atoms with Crippen molar-refractivity contribution in [2.75, 3.05) is 0 Å². The lowest BCUT2D eigenvalue weighted by Gasteiger charge is -2.34. The molecule has 1 saturated carbocycles. The molecule has 1 unspecified atom stereocenters. The highest BCUT2D eigenvalue weighted by atomic mass is 16.5. The first-order chi connectivity index (χ1) is 10.3. The molecule has 0 spiro atoms. The second-order valence-corrected chi connectivity index (χ2v) is 5.20. The summed E-state index contributed by atoms with van der Waals surface area (Å²) in [5.74, 6) is 2.78. The Morgan fingerprint density at radius 1 is 1.19 bits per heavy atom. The van der Waals surface area contributed by atoms with Crippen molar-refractivity contribution in [3.05, 3.63) is 42.7 Å². The van der Waals surface area contributed by atoms with E-state index in [1.165, 1.54) is 11.1 Å². The van der Waals surface area contributed by atoms with Crippen molar-refractivity contribution in [2.45, 2.75) is 25.0 Å². The predicted molar refractivity (Wildman–Crippen MR) is 79.4 cm³/mol. The van der Waals surface area contributed by atoms with Crippen molar-refractivity contribution >= 4 is 0 Å². The third-order valence-corrected chi connectivity index (χ3v) is 3.63. The third-order valence-electron chi connectivity index (χ3n) is 3.63. The van der Waals surface area contributed by atoms with Gasteiger partial charge in [0.15, 0.2) is 6.10 Å². The molecule has 0 radical (unpaired) electrons. The summed E-state index contributed by atoms with van der Waals surface area (Å²) in [7, 11) is 0. The highest BCUT2D eigenvalue weighted by molar-refractivity contribution is 5.80. The molecule has 0 aromatic carbocycles. The number of nitrogens with zero attached hydrogens (tertiary/aromatic N) is 2. The van der Waals surface area contributed by atoms with Gasteiger partial charge in [0.05, 0.1) is 6.10 Å². The van der Waals surface area contributed by atoms with Gasteiger partial charge in [-0.25, -0.2) is 9.97 Å². The summed E-state index contributed by atoms with van der Waals surface area (Å²) in [5, 5.41) is 9.17. The number of benzene rings is 1. The summed E-state index contributed by atoms with van der Waals surface area (Å²) in [4.78, 5) is 7.87. The fourth-order valence-electron chi connectivity index (χ4n) is 2.28. The second kappa shape index (κ2) is 5.94. The molecule has 1 fully saturated rings. The van der Waals surface area contributed by atoms with Gasteiger partial charge >= 0.3 is 6.01 Å². The molecule has 0 aliphatic heterocycles. The van der Waals surface area contributed by atoms with Crippen LogP contribution in [0.1, 0.15) is 12.8 Å². The maximum atomic E-state index is 9.17. The highest BCUT2D eigenvalue weighted by Crippen LogP contribution is 2.32. The van der Waals surface area contributed by atoms with Gasteiger partial charge in [-0.2, -0.15) is 0 Å². The van der Waals surface area contributed by atoms with Crippen LogP contribution in [0.15, 0.2) is 42.7 Å². The monoisotopic (exact) mass is 280 g/mol. The van der Waals surface area contributed by atoms with Gasteiger partial charge in [-0.15, -0.1) is 6.42 Å². The molecule has 0 amide bonds. The van der Waals surface area contributed by atoms with Crippen molar-refractivity contribution in [1.82, 2.24) is 9.97 Å². The summed E-state index contributed by atoms with van der Waals surface area (Å²) >= 11 is 0. The molecule has 1 aromatic heterocycles. The van der Waals surface area contributed by atoms with Gasteiger partial charge in [0, 0.05) is 18.3 Å². The van der Waals surface area contributed by atoms with Crippen LogP contribution in [0, 0.1) is 18.3 Å². The second-order valence-electron chi connectivity index (χ2n) is 5.20. The van der Waals surface area contributed by atoms with Crippen molar-refractivity contribution in [1.29, 1.82) is 0 Å². The number of aliphatic hydroxyl groups is 1. The fourth-order valence-corrected chi connectivity index (χ4v) is 2.28. The molecular weight excluding hydrogens is 264 g/mol. The van der Waals surface area contributed by atoms with Gasteiger partial charge in [0.1, 0.15) is 0 Å². The Balaban J connectivity index is 0.000000180. The zero-order chi connectivity index (χ0) is 14.7. The van der Waals surface area contributed by atoms with Gasteiger partial charge in [-0.3, -0.25) is 0 Å². The Hall–Kier alpha value is -2.38. The summed E-state index contributed by atoms with van der Waals surface area (Å²) in [6.45, 7) is 0. The molecule has 106 valence electrons. The SMILES string of the molecule is C#CC(Oc1ncccn1)C1CC(O)C1.c1cc2cc-2c1. The van der Waals surface area contributed by atoms with Crippen LogP contribution < -0.4 is 4.74 Å². The van der Waals surface area contributed by atoms with E-state index in [2.05, 4.69) is 40.2 Å². The Morgan fingerprint density at radius 2 is 1.86 bits per heavy atom. The van der Waals surface area contributed by atoms with E-state index in [0.717, 1.165) is 0 Å². The molecule has 1 atom stereocenters. The Bertz CT molecular complexity index is 628. The lowest BCUT2D eigenvalue weighted by Crippen LogP contribution is -2.39. The van der Waals surface area contributed by atoms with Crippen molar-refractivity contribution < 1.29 is 9.84 Å². The minimum Gasteiger partial charge on any atom is -0.447 e. The highest BCUT2D eigenvalue weighted by Gasteiger charge is 2.34. The summed E-state index contributed by atoms with van der Waals surface area (Å²) in [6.07, 6.45) is 9.39. The molecule has 0 bridgehead atoms. The molecule has 1 N–H and O–H groups in total. The van der Waals surface area contributed by atoms with E-state index in [9.17, 15) is 5.11 Å². The van der Waals surface area contributed by atoms with Gasteiger partial charge < -0.3 is 9.84 Å². The number of aromatic nitrogens is 2. The van der Waals surface area contributed by atoms with Gasteiger partial charge in [0.25, 0.3) is 0 Å². The first-order valence-corrected chi connectivity index (χ1v) is 6.94. The number of terminal acetylenes is 1. The fraction of sp³-hybridized carbons (Fsp3) is 0.294. The Morgan fingerprint density at radius 3 is 2.29 bits per heavy atom. The van der Waals surface area contributed by atoms with E-state index >= 15 is 0 Å². The molecule has 0 saturated heterocycles. The standard InChI is InChI=1S/C11H12N2O2.C6H4/c1-2-10(8-6-9(14)7-8)15-11-12-4-3-5-13-11;1-2-5-4-6(5)3-1/h1,3-5,8-10,14H,6-7H2;1-4H. The molecule has 1 heterocycles. The van der Waals surface area contributed by atoms with Crippen LogP contribution in [0.4, 0.5) is 0 Å². The van der Waals surface area contributed by atoms with Crippen molar-refractivity contribution in [3.63, 3.8) is 0 Å².